The Morgan fingerprint density at radius 1 is 1.21 bits per heavy atom. The molecule has 1 aliphatic heterocycles. The lowest BCUT2D eigenvalue weighted by molar-refractivity contribution is -0.136. The van der Waals surface area contributed by atoms with Gasteiger partial charge in [0.1, 0.15) is 0 Å². The molecule has 6 heteroatoms. The molecule has 0 aromatic heterocycles. The number of rotatable bonds is 2. The molecule has 4 nitrogen and oxygen atoms in total. The van der Waals surface area contributed by atoms with Gasteiger partial charge in [-0.05, 0) is 32.4 Å². The Labute approximate surface area is 129 Å². The van der Waals surface area contributed by atoms with Gasteiger partial charge in [-0.2, -0.15) is 0 Å². The Kier molecular flexibility index (Phi) is 9.29. The number of halogens is 2. The van der Waals surface area contributed by atoms with E-state index in [2.05, 4.69) is 19.0 Å². The monoisotopic (exact) mass is 313 g/mol. The minimum Gasteiger partial charge on any atom is -0.341 e. The van der Waals surface area contributed by atoms with Gasteiger partial charge in [0.05, 0.1) is 6.04 Å². The standard InChI is InChI=1S/C13H27N3O.2ClH/c1-13(2,3)11(14)12(17)16-8-6-10(7-9-16)15(4)5;;/h10-11H,6-9,14H2,1-5H3;2*1H/t11-;;/m1../s1. The Hall–Kier alpha value is -0.0300. The lowest BCUT2D eigenvalue weighted by Gasteiger charge is -2.38. The van der Waals surface area contributed by atoms with Crippen LogP contribution in [0, 0.1) is 5.41 Å². The van der Waals surface area contributed by atoms with Crippen molar-refractivity contribution in [2.75, 3.05) is 27.2 Å². The van der Waals surface area contributed by atoms with Gasteiger partial charge < -0.3 is 15.5 Å². The second kappa shape index (κ2) is 8.30. The predicted octanol–water partition coefficient (Wildman–Crippen LogP) is 1.76. The first-order valence-electron chi connectivity index (χ1n) is 6.44. The summed E-state index contributed by atoms with van der Waals surface area (Å²) in [7, 11) is 4.20. The molecule has 0 aromatic carbocycles. The molecule has 116 valence electrons. The molecule has 0 radical (unpaired) electrons. The van der Waals surface area contributed by atoms with Gasteiger partial charge in [-0.15, -0.1) is 24.8 Å². The van der Waals surface area contributed by atoms with E-state index in [1.165, 1.54) is 0 Å². The van der Waals surface area contributed by atoms with Crippen molar-refractivity contribution in [3.05, 3.63) is 0 Å². The molecule has 0 bridgehead atoms. The summed E-state index contributed by atoms with van der Waals surface area (Å²) in [5.41, 5.74) is 5.86. The quantitative estimate of drug-likeness (QED) is 0.845. The maximum absolute atomic E-state index is 12.2. The van der Waals surface area contributed by atoms with E-state index in [0.717, 1.165) is 25.9 Å². The first-order valence-corrected chi connectivity index (χ1v) is 6.44. The van der Waals surface area contributed by atoms with Crippen LogP contribution < -0.4 is 5.73 Å². The second-order valence-corrected chi connectivity index (χ2v) is 6.36. The van der Waals surface area contributed by atoms with Crippen molar-refractivity contribution in [2.45, 2.75) is 45.7 Å². The minimum atomic E-state index is -0.390. The molecule has 0 aliphatic carbocycles. The molecule has 1 fully saturated rings. The third-order valence-corrected chi connectivity index (χ3v) is 3.71. The number of carbonyl (C=O) groups is 1. The average Bonchev–Trinajstić information content (AvgIpc) is 2.26. The van der Waals surface area contributed by atoms with Crippen LogP contribution in [0.5, 0.6) is 0 Å². The highest BCUT2D eigenvalue weighted by atomic mass is 35.5. The molecule has 0 saturated carbocycles. The van der Waals surface area contributed by atoms with Gasteiger partial charge in [0, 0.05) is 19.1 Å². The van der Waals surface area contributed by atoms with Crippen LogP contribution in [0.1, 0.15) is 33.6 Å². The van der Waals surface area contributed by atoms with Crippen LogP contribution in [-0.4, -0.2) is 55.0 Å². The number of piperidine rings is 1. The number of hydrogen-bond donors (Lipinski definition) is 1. The topological polar surface area (TPSA) is 49.6 Å². The minimum absolute atomic E-state index is 0. The van der Waals surface area contributed by atoms with Gasteiger partial charge >= 0.3 is 0 Å². The summed E-state index contributed by atoms with van der Waals surface area (Å²) in [4.78, 5) is 16.4. The summed E-state index contributed by atoms with van der Waals surface area (Å²) in [5, 5.41) is 0. The van der Waals surface area contributed by atoms with Crippen LogP contribution in [0.2, 0.25) is 0 Å². The van der Waals surface area contributed by atoms with E-state index in [-0.39, 0.29) is 36.1 Å². The van der Waals surface area contributed by atoms with Gasteiger partial charge in [0.2, 0.25) is 5.91 Å². The summed E-state index contributed by atoms with van der Waals surface area (Å²) in [5.74, 6) is 0.106. The predicted molar refractivity (Wildman–Crippen MR) is 85.2 cm³/mol. The fraction of sp³-hybridized carbons (Fsp3) is 0.923. The number of nitrogens with zero attached hydrogens (tertiary/aromatic N) is 2. The van der Waals surface area contributed by atoms with E-state index >= 15 is 0 Å². The van der Waals surface area contributed by atoms with E-state index < -0.39 is 6.04 Å². The number of likely N-dealkylation sites (tertiary alicyclic amines) is 1. The fourth-order valence-electron chi connectivity index (χ4n) is 2.17. The van der Waals surface area contributed by atoms with Crippen LogP contribution in [0.15, 0.2) is 0 Å². The van der Waals surface area contributed by atoms with Crippen molar-refractivity contribution in [3.8, 4) is 0 Å². The van der Waals surface area contributed by atoms with Crippen molar-refractivity contribution in [1.82, 2.24) is 9.80 Å². The average molecular weight is 314 g/mol. The molecular weight excluding hydrogens is 285 g/mol. The van der Waals surface area contributed by atoms with E-state index in [1.807, 2.05) is 25.7 Å². The first kappa shape index (κ1) is 21.3. The van der Waals surface area contributed by atoms with Gasteiger partial charge in [-0.1, -0.05) is 20.8 Å². The molecule has 1 heterocycles. The number of amides is 1. The Balaban J connectivity index is 0. The molecule has 1 atom stereocenters. The molecule has 19 heavy (non-hydrogen) atoms. The van der Waals surface area contributed by atoms with Gasteiger partial charge in [-0.25, -0.2) is 0 Å². The SMILES string of the molecule is CN(C)C1CCN(C(=O)[C@@H](N)C(C)(C)C)CC1.Cl.Cl. The van der Waals surface area contributed by atoms with E-state index in [4.69, 9.17) is 5.73 Å². The molecule has 0 unspecified atom stereocenters. The molecule has 1 aliphatic rings. The van der Waals surface area contributed by atoms with Crippen molar-refractivity contribution < 1.29 is 4.79 Å². The maximum atomic E-state index is 12.2. The van der Waals surface area contributed by atoms with Gasteiger partial charge in [-0.3, -0.25) is 4.79 Å². The molecule has 0 aromatic rings. The summed E-state index contributed by atoms with van der Waals surface area (Å²) >= 11 is 0. The summed E-state index contributed by atoms with van der Waals surface area (Å²) in [6, 6.07) is 0.211. The molecular formula is C13H29Cl2N3O. The van der Waals surface area contributed by atoms with Crippen LogP contribution in [-0.2, 0) is 4.79 Å². The van der Waals surface area contributed by atoms with Crippen LogP contribution in [0.25, 0.3) is 0 Å². The fourth-order valence-corrected chi connectivity index (χ4v) is 2.17. The lowest BCUT2D eigenvalue weighted by Crippen LogP contribution is -2.53. The number of carbonyl (C=O) groups excluding carboxylic acids is 1. The van der Waals surface area contributed by atoms with E-state index in [0.29, 0.717) is 6.04 Å². The number of hydrogen-bond acceptors (Lipinski definition) is 3. The zero-order chi connectivity index (χ0) is 13.2. The van der Waals surface area contributed by atoms with Crippen LogP contribution in [0.4, 0.5) is 0 Å². The lowest BCUT2D eigenvalue weighted by atomic mass is 9.86. The summed E-state index contributed by atoms with van der Waals surface area (Å²) < 4.78 is 0. The Morgan fingerprint density at radius 3 is 1.95 bits per heavy atom. The molecule has 1 rings (SSSR count). The normalized spacial score (nSPS) is 18.6. The van der Waals surface area contributed by atoms with Gasteiger partial charge in [0.15, 0.2) is 0 Å². The van der Waals surface area contributed by atoms with Gasteiger partial charge in [0.25, 0.3) is 0 Å². The van der Waals surface area contributed by atoms with Crippen LogP contribution in [0.3, 0.4) is 0 Å². The Morgan fingerprint density at radius 2 is 1.63 bits per heavy atom. The molecule has 1 amide bonds. The van der Waals surface area contributed by atoms with Crippen molar-refractivity contribution in [1.29, 1.82) is 0 Å². The zero-order valence-electron chi connectivity index (χ0n) is 12.7. The molecule has 0 spiro atoms. The highest BCUT2D eigenvalue weighted by molar-refractivity contribution is 5.85. The molecule has 2 N–H and O–H groups in total. The summed E-state index contributed by atoms with van der Waals surface area (Å²) in [6.45, 7) is 7.73. The van der Waals surface area contributed by atoms with E-state index in [9.17, 15) is 4.79 Å². The van der Waals surface area contributed by atoms with E-state index in [1.54, 1.807) is 0 Å². The van der Waals surface area contributed by atoms with Crippen molar-refractivity contribution >= 4 is 30.7 Å². The Bertz CT molecular complexity index is 272. The first-order chi connectivity index (χ1) is 7.73. The third-order valence-electron chi connectivity index (χ3n) is 3.71. The largest absolute Gasteiger partial charge is 0.341 e. The van der Waals surface area contributed by atoms with Crippen molar-refractivity contribution in [2.24, 2.45) is 11.1 Å². The third kappa shape index (κ3) is 5.86. The maximum Gasteiger partial charge on any atom is 0.240 e. The molecule has 1 saturated heterocycles. The highest BCUT2D eigenvalue weighted by Gasteiger charge is 2.33. The summed E-state index contributed by atoms with van der Waals surface area (Å²) in [6.07, 6.45) is 2.10. The van der Waals surface area contributed by atoms with Crippen molar-refractivity contribution in [3.63, 3.8) is 0 Å². The zero-order valence-corrected chi connectivity index (χ0v) is 14.3. The number of nitrogens with two attached hydrogens (primary N) is 1. The second-order valence-electron chi connectivity index (χ2n) is 6.36. The smallest absolute Gasteiger partial charge is 0.240 e. The van der Waals surface area contributed by atoms with Crippen LogP contribution >= 0.6 is 24.8 Å². The highest BCUT2D eigenvalue weighted by Crippen LogP contribution is 2.21.